The summed E-state index contributed by atoms with van der Waals surface area (Å²) in [5.74, 6) is 0.129. The first-order chi connectivity index (χ1) is 8.63. The van der Waals surface area contributed by atoms with Crippen LogP contribution in [0.2, 0.25) is 0 Å². The van der Waals surface area contributed by atoms with E-state index in [1.807, 2.05) is 0 Å². The topological polar surface area (TPSA) is 41.1 Å². The lowest BCUT2D eigenvalue weighted by Gasteiger charge is -2.17. The van der Waals surface area contributed by atoms with Gasteiger partial charge >= 0.3 is 0 Å². The molecule has 0 fully saturated rings. The van der Waals surface area contributed by atoms with Gasteiger partial charge in [0.25, 0.3) is 0 Å². The van der Waals surface area contributed by atoms with Gasteiger partial charge in [0.05, 0.1) is 6.54 Å². The Morgan fingerprint density at radius 3 is 2.28 bits per heavy atom. The zero-order chi connectivity index (χ0) is 13.8. The van der Waals surface area contributed by atoms with E-state index < -0.39 is 0 Å². The highest BCUT2D eigenvalue weighted by Gasteiger charge is 2.09. The fourth-order valence-electron chi connectivity index (χ4n) is 2.02. The van der Waals surface area contributed by atoms with Crippen molar-refractivity contribution in [2.75, 3.05) is 6.54 Å². The molecule has 1 amide bonds. The van der Waals surface area contributed by atoms with Crippen LogP contribution in [0.15, 0.2) is 0 Å². The first-order valence-corrected chi connectivity index (χ1v) is 7.66. The Kier molecular flexibility index (Phi) is 11.2. The Hall–Kier alpha value is -0.570. The maximum atomic E-state index is 11.7. The average Bonchev–Trinajstić information content (AvgIpc) is 2.38. The first-order valence-electron chi connectivity index (χ1n) is 7.66. The largest absolute Gasteiger partial charge is 0.352 e. The molecule has 0 heterocycles. The van der Waals surface area contributed by atoms with E-state index in [-0.39, 0.29) is 5.91 Å². The molecule has 3 nitrogen and oxygen atoms in total. The van der Waals surface area contributed by atoms with Gasteiger partial charge in [-0.15, -0.1) is 0 Å². The molecule has 0 aromatic rings. The minimum absolute atomic E-state index is 0.129. The highest BCUT2D eigenvalue weighted by Crippen LogP contribution is 2.05. The SMILES string of the molecule is CCCCCCC(C)NCC(=O)NC(CC)CC. The molecule has 18 heavy (non-hydrogen) atoms. The molecule has 0 aromatic heterocycles. The number of amides is 1. The van der Waals surface area contributed by atoms with Gasteiger partial charge in [0, 0.05) is 12.1 Å². The van der Waals surface area contributed by atoms with Crippen LogP contribution in [0.25, 0.3) is 0 Å². The maximum Gasteiger partial charge on any atom is 0.234 e. The summed E-state index contributed by atoms with van der Waals surface area (Å²) in [6.07, 6.45) is 8.35. The number of rotatable bonds is 11. The van der Waals surface area contributed by atoms with Crippen molar-refractivity contribution >= 4 is 5.91 Å². The van der Waals surface area contributed by atoms with Crippen LogP contribution < -0.4 is 10.6 Å². The van der Waals surface area contributed by atoms with Crippen molar-refractivity contribution in [1.29, 1.82) is 0 Å². The summed E-state index contributed by atoms with van der Waals surface area (Å²) < 4.78 is 0. The molecule has 0 saturated heterocycles. The number of hydrogen-bond donors (Lipinski definition) is 2. The molecule has 2 N–H and O–H groups in total. The Labute approximate surface area is 113 Å². The minimum Gasteiger partial charge on any atom is -0.352 e. The van der Waals surface area contributed by atoms with E-state index >= 15 is 0 Å². The summed E-state index contributed by atoms with van der Waals surface area (Å²) in [4.78, 5) is 11.7. The van der Waals surface area contributed by atoms with Crippen molar-refractivity contribution in [1.82, 2.24) is 10.6 Å². The van der Waals surface area contributed by atoms with Crippen molar-refractivity contribution in [3.05, 3.63) is 0 Å². The normalized spacial score (nSPS) is 12.7. The lowest BCUT2D eigenvalue weighted by Crippen LogP contribution is -2.42. The van der Waals surface area contributed by atoms with Gasteiger partial charge in [0.1, 0.15) is 0 Å². The van der Waals surface area contributed by atoms with E-state index in [1.165, 1.54) is 25.7 Å². The van der Waals surface area contributed by atoms with Crippen LogP contribution in [-0.2, 0) is 4.79 Å². The predicted molar refractivity (Wildman–Crippen MR) is 78.7 cm³/mol. The maximum absolute atomic E-state index is 11.7. The molecular formula is C15H32N2O. The lowest BCUT2D eigenvalue weighted by atomic mass is 10.1. The number of unbranched alkanes of at least 4 members (excludes halogenated alkanes) is 3. The van der Waals surface area contributed by atoms with Gasteiger partial charge in [-0.05, 0) is 26.2 Å². The Morgan fingerprint density at radius 1 is 1.06 bits per heavy atom. The van der Waals surface area contributed by atoms with Crippen molar-refractivity contribution in [2.24, 2.45) is 0 Å². The molecule has 0 saturated carbocycles. The summed E-state index contributed by atoms with van der Waals surface area (Å²) >= 11 is 0. The van der Waals surface area contributed by atoms with Gasteiger partial charge in [0.15, 0.2) is 0 Å². The van der Waals surface area contributed by atoms with E-state index in [1.54, 1.807) is 0 Å². The monoisotopic (exact) mass is 256 g/mol. The Bertz CT molecular complexity index is 203. The van der Waals surface area contributed by atoms with E-state index in [0.717, 1.165) is 19.3 Å². The third-order valence-electron chi connectivity index (χ3n) is 3.45. The van der Waals surface area contributed by atoms with Crippen LogP contribution in [0.3, 0.4) is 0 Å². The van der Waals surface area contributed by atoms with Gasteiger partial charge in [-0.2, -0.15) is 0 Å². The first kappa shape index (κ1) is 17.4. The quantitative estimate of drug-likeness (QED) is 0.557. The van der Waals surface area contributed by atoms with Crippen LogP contribution in [0.4, 0.5) is 0 Å². The van der Waals surface area contributed by atoms with E-state index in [4.69, 9.17) is 0 Å². The fraction of sp³-hybridized carbons (Fsp3) is 0.933. The molecule has 1 unspecified atom stereocenters. The smallest absolute Gasteiger partial charge is 0.234 e. The van der Waals surface area contributed by atoms with Crippen LogP contribution in [-0.4, -0.2) is 24.5 Å². The molecule has 3 heteroatoms. The molecule has 108 valence electrons. The third kappa shape index (κ3) is 9.46. The van der Waals surface area contributed by atoms with E-state index in [0.29, 0.717) is 18.6 Å². The van der Waals surface area contributed by atoms with E-state index in [2.05, 4.69) is 38.3 Å². The van der Waals surface area contributed by atoms with Crippen LogP contribution in [0.1, 0.15) is 72.6 Å². The zero-order valence-electron chi connectivity index (χ0n) is 12.7. The summed E-state index contributed by atoms with van der Waals surface area (Å²) in [6.45, 7) is 9.06. The van der Waals surface area contributed by atoms with Gasteiger partial charge in [-0.1, -0.05) is 46.5 Å². The van der Waals surface area contributed by atoms with Crippen molar-refractivity contribution < 1.29 is 4.79 Å². The minimum atomic E-state index is 0.129. The van der Waals surface area contributed by atoms with Crippen molar-refractivity contribution in [3.63, 3.8) is 0 Å². The van der Waals surface area contributed by atoms with Crippen LogP contribution in [0, 0.1) is 0 Å². The van der Waals surface area contributed by atoms with Gasteiger partial charge in [0.2, 0.25) is 5.91 Å². The molecule has 1 atom stereocenters. The highest BCUT2D eigenvalue weighted by molar-refractivity contribution is 5.78. The van der Waals surface area contributed by atoms with Crippen molar-refractivity contribution in [2.45, 2.75) is 84.7 Å². The standard InChI is InChI=1S/C15H32N2O/c1-5-8-9-10-11-13(4)16-12-15(18)17-14(6-2)7-3/h13-14,16H,5-12H2,1-4H3,(H,17,18). The molecule has 0 aliphatic rings. The number of hydrogen-bond acceptors (Lipinski definition) is 2. The predicted octanol–water partition coefficient (Wildman–Crippen LogP) is 3.24. The Morgan fingerprint density at radius 2 is 1.72 bits per heavy atom. The van der Waals surface area contributed by atoms with Gasteiger partial charge in [-0.25, -0.2) is 0 Å². The molecule has 0 aliphatic heterocycles. The van der Waals surface area contributed by atoms with Crippen molar-refractivity contribution in [3.8, 4) is 0 Å². The number of carbonyl (C=O) groups is 1. The molecular weight excluding hydrogens is 224 g/mol. The number of carbonyl (C=O) groups excluding carboxylic acids is 1. The average molecular weight is 256 g/mol. The van der Waals surface area contributed by atoms with Crippen LogP contribution >= 0.6 is 0 Å². The second-order valence-corrected chi connectivity index (χ2v) is 5.21. The third-order valence-corrected chi connectivity index (χ3v) is 3.45. The fourth-order valence-corrected chi connectivity index (χ4v) is 2.02. The highest BCUT2D eigenvalue weighted by atomic mass is 16.1. The second-order valence-electron chi connectivity index (χ2n) is 5.21. The molecule has 0 aromatic carbocycles. The molecule has 0 spiro atoms. The Balaban J connectivity index is 3.58. The van der Waals surface area contributed by atoms with Crippen LogP contribution in [0.5, 0.6) is 0 Å². The molecule has 0 rings (SSSR count). The summed E-state index contributed by atoms with van der Waals surface area (Å²) in [5, 5.41) is 6.35. The lowest BCUT2D eigenvalue weighted by molar-refractivity contribution is -0.121. The zero-order valence-corrected chi connectivity index (χ0v) is 12.7. The molecule has 0 radical (unpaired) electrons. The summed E-state index contributed by atoms with van der Waals surface area (Å²) in [6, 6.07) is 0.772. The van der Waals surface area contributed by atoms with E-state index in [9.17, 15) is 4.79 Å². The number of nitrogens with one attached hydrogen (secondary N) is 2. The summed E-state index contributed by atoms with van der Waals surface area (Å²) in [7, 11) is 0. The molecule has 0 aliphatic carbocycles. The summed E-state index contributed by atoms with van der Waals surface area (Å²) in [5.41, 5.74) is 0. The molecule has 0 bridgehead atoms. The second kappa shape index (κ2) is 11.5. The van der Waals surface area contributed by atoms with Gasteiger partial charge in [-0.3, -0.25) is 4.79 Å². The van der Waals surface area contributed by atoms with Gasteiger partial charge < -0.3 is 10.6 Å².